The van der Waals surface area contributed by atoms with Crippen molar-refractivity contribution < 1.29 is 17.9 Å². The molecule has 8 nitrogen and oxygen atoms in total. The number of hydrogen-bond donors (Lipinski definition) is 0. The number of ether oxygens (including phenoxy) is 1. The number of aromatic nitrogens is 2. The summed E-state index contributed by atoms with van der Waals surface area (Å²) >= 11 is 0. The maximum atomic E-state index is 12.3. The molecule has 0 bridgehead atoms. The molecular formula is C17H28N4O4S. The van der Waals surface area contributed by atoms with Crippen LogP contribution in [-0.4, -0.2) is 60.1 Å². The summed E-state index contributed by atoms with van der Waals surface area (Å²) in [6.45, 7) is 9.04. The Labute approximate surface area is 155 Å². The molecule has 0 aliphatic carbocycles. The fourth-order valence-electron chi connectivity index (χ4n) is 2.72. The fourth-order valence-corrected chi connectivity index (χ4v) is 3.99. The van der Waals surface area contributed by atoms with Gasteiger partial charge in [0.15, 0.2) is 11.9 Å². The third-order valence-electron chi connectivity index (χ3n) is 4.30. The van der Waals surface area contributed by atoms with Gasteiger partial charge in [-0.25, -0.2) is 18.4 Å². The maximum absolute atomic E-state index is 12.3. The highest BCUT2D eigenvalue weighted by Crippen LogP contribution is 2.20. The monoisotopic (exact) mass is 384 g/mol. The molecule has 1 aromatic rings. The van der Waals surface area contributed by atoms with Crippen molar-refractivity contribution in [2.24, 2.45) is 0 Å². The molecule has 146 valence electrons. The molecule has 0 amide bonds. The SMILES string of the molecule is CCCC(=O)OC(C)c1nccc(N2CCN(S(=O)(=O)C(C)C)CC2)n1. The van der Waals surface area contributed by atoms with Crippen molar-refractivity contribution in [3.05, 3.63) is 18.1 Å². The lowest BCUT2D eigenvalue weighted by atomic mass is 10.3. The van der Waals surface area contributed by atoms with Crippen molar-refractivity contribution >= 4 is 21.8 Å². The molecule has 1 aromatic heterocycles. The molecule has 1 saturated heterocycles. The Kier molecular flexibility index (Phi) is 6.94. The fraction of sp³-hybridized carbons (Fsp3) is 0.706. The molecule has 0 saturated carbocycles. The summed E-state index contributed by atoms with van der Waals surface area (Å²) in [5, 5.41) is -0.418. The zero-order valence-corrected chi connectivity index (χ0v) is 16.7. The molecule has 1 fully saturated rings. The van der Waals surface area contributed by atoms with Crippen LogP contribution in [0.25, 0.3) is 0 Å². The third kappa shape index (κ3) is 4.91. The summed E-state index contributed by atoms with van der Waals surface area (Å²) in [6.07, 6.45) is 2.22. The molecule has 1 aliphatic heterocycles. The Balaban J connectivity index is 2.02. The topological polar surface area (TPSA) is 92.7 Å². The second kappa shape index (κ2) is 8.77. The molecule has 1 unspecified atom stereocenters. The van der Waals surface area contributed by atoms with Gasteiger partial charge in [0.1, 0.15) is 5.82 Å². The molecule has 9 heteroatoms. The molecular weight excluding hydrogens is 356 g/mol. The summed E-state index contributed by atoms with van der Waals surface area (Å²) in [6, 6.07) is 1.79. The first-order chi connectivity index (χ1) is 12.3. The van der Waals surface area contributed by atoms with E-state index in [1.165, 1.54) is 4.31 Å². The van der Waals surface area contributed by atoms with Gasteiger partial charge in [-0.05, 0) is 33.3 Å². The number of hydrogen-bond acceptors (Lipinski definition) is 7. The van der Waals surface area contributed by atoms with Crippen LogP contribution in [0.2, 0.25) is 0 Å². The number of piperazine rings is 1. The van der Waals surface area contributed by atoms with E-state index in [1.807, 2.05) is 11.8 Å². The van der Waals surface area contributed by atoms with Crippen molar-refractivity contribution in [1.82, 2.24) is 14.3 Å². The van der Waals surface area contributed by atoms with Crippen LogP contribution in [0.3, 0.4) is 0 Å². The summed E-state index contributed by atoms with van der Waals surface area (Å²) in [7, 11) is -3.23. The number of esters is 1. The number of anilines is 1. The van der Waals surface area contributed by atoms with E-state index in [0.29, 0.717) is 38.4 Å². The lowest BCUT2D eigenvalue weighted by molar-refractivity contribution is -0.149. The Morgan fingerprint density at radius 1 is 1.23 bits per heavy atom. The van der Waals surface area contributed by atoms with Crippen LogP contribution in [0, 0.1) is 0 Å². The highest BCUT2D eigenvalue weighted by atomic mass is 32.2. The minimum Gasteiger partial charge on any atom is -0.454 e. The number of nitrogens with zero attached hydrogens (tertiary/aromatic N) is 4. The zero-order valence-electron chi connectivity index (χ0n) is 15.9. The maximum Gasteiger partial charge on any atom is 0.306 e. The predicted molar refractivity (Wildman–Crippen MR) is 99.3 cm³/mol. The van der Waals surface area contributed by atoms with E-state index < -0.39 is 21.4 Å². The Bertz CT molecular complexity index is 715. The molecule has 26 heavy (non-hydrogen) atoms. The highest BCUT2D eigenvalue weighted by molar-refractivity contribution is 7.89. The average molecular weight is 385 g/mol. The minimum absolute atomic E-state index is 0.262. The zero-order chi connectivity index (χ0) is 19.3. The van der Waals surface area contributed by atoms with Crippen LogP contribution >= 0.6 is 0 Å². The Morgan fingerprint density at radius 3 is 2.46 bits per heavy atom. The second-order valence-electron chi connectivity index (χ2n) is 6.63. The number of rotatable bonds is 7. The van der Waals surface area contributed by atoms with E-state index in [1.54, 1.807) is 33.0 Å². The summed E-state index contributed by atoms with van der Waals surface area (Å²) < 4.78 is 31.4. The van der Waals surface area contributed by atoms with E-state index in [9.17, 15) is 13.2 Å². The second-order valence-corrected chi connectivity index (χ2v) is 9.12. The van der Waals surface area contributed by atoms with Crippen LogP contribution in [0.15, 0.2) is 12.3 Å². The van der Waals surface area contributed by atoms with Gasteiger partial charge in [0.25, 0.3) is 0 Å². The van der Waals surface area contributed by atoms with E-state index in [4.69, 9.17) is 4.74 Å². The van der Waals surface area contributed by atoms with Crippen molar-refractivity contribution in [1.29, 1.82) is 0 Å². The molecule has 1 atom stereocenters. The first-order valence-corrected chi connectivity index (χ1v) is 10.5. The predicted octanol–water partition coefficient (Wildman–Crippen LogP) is 1.74. The number of sulfonamides is 1. The van der Waals surface area contributed by atoms with Crippen LogP contribution in [0.1, 0.15) is 52.5 Å². The van der Waals surface area contributed by atoms with Crippen molar-refractivity contribution in [3.8, 4) is 0 Å². The van der Waals surface area contributed by atoms with Gasteiger partial charge in [-0.3, -0.25) is 4.79 Å². The van der Waals surface area contributed by atoms with Gasteiger partial charge in [-0.1, -0.05) is 6.92 Å². The molecule has 2 rings (SSSR count). The minimum atomic E-state index is -3.23. The van der Waals surface area contributed by atoms with Gasteiger partial charge >= 0.3 is 5.97 Å². The van der Waals surface area contributed by atoms with E-state index in [-0.39, 0.29) is 5.97 Å². The molecule has 0 N–H and O–H groups in total. The van der Waals surface area contributed by atoms with E-state index in [2.05, 4.69) is 9.97 Å². The first kappa shape index (κ1) is 20.6. The van der Waals surface area contributed by atoms with Gasteiger partial charge in [-0.2, -0.15) is 4.31 Å². The quantitative estimate of drug-likeness (QED) is 0.661. The van der Waals surface area contributed by atoms with E-state index >= 15 is 0 Å². The van der Waals surface area contributed by atoms with Crippen LogP contribution in [0.4, 0.5) is 5.82 Å². The molecule has 1 aliphatic rings. The van der Waals surface area contributed by atoms with Gasteiger partial charge in [0, 0.05) is 38.8 Å². The molecule has 0 radical (unpaired) electrons. The van der Waals surface area contributed by atoms with Gasteiger partial charge < -0.3 is 9.64 Å². The smallest absolute Gasteiger partial charge is 0.306 e. The Morgan fingerprint density at radius 2 is 1.88 bits per heavy atom. The number of carbonyl (C=O) groups excluding carboxylic acids is 1. The molecule has 0 spiro atoms. The van der Waals surface area contributed by atoms with Gasteiger partial charge in [0.2, 0.25) is 10.0 Å². The van der Waals surface area contributed by atoms with Gasteiger partial charge in [-0.15, -0.1) is 0 Å². The van der Waals surface area contributed by atoms with Crippen LogP contribution < -0.4 is 4.90 Å². The van der Waals surface area contributed by atoms with Crippen LogP contribution in [0.5, 0.6) is 0 Å². The van der Waals surface area contributed by atoms with Crippen LogP contribution in [-0.2, 0) is 19.6 Å². The standard InChI is InChI=1S/C17H28N4O4S/c1-5-6-16(22)25-14(4)17-18-8-7-15(19-17)20-9-11-21(12-10-20)26(23,24)13(2)3/h7-8,13-14H,5-6,9-12H2,1-4H3. The lowest BCUT2D eigenvalue weighted by Crippen LogP contribution is -2.50. The summed E-state index contributed by atoms with van der Waals surface area (Å²) in [5.74, 6) is 0.903. The summed E-state index contributed by atoms with van der Waals surface area (Å²) in [4.78, 5) is 22.4. The highest BCUT2D eigenvalue weighted by Gasteiger charge is 2.29. The average Bonchev–Trinajstić information content (AvgIpc) is 2.62. The van der Waals surface area contributed by atoms with Crippen molar-refractivity contribution in [2.45, 2.75) is 51.9 Å². The van der Waals surface area contributed by atoms with Gasteiger partial charge in [0.05, 0.1) is 5.25 Å². The lowest BCUT2D eigenvalue weighted by Gasteiger charge is -2.35. The molecule has 2 heterocycles. The normalized spacial score (nSPS) is 17.3. The Hall–Kier alpha value is -1.74. The van der Waals surface area contributed by atoms with Crippen molar-refractivity contribution in [3.63, 3.8) is 0 Å². The third-order valence-corrected chi connectivity index (χ3v) is 6.58. The summed E-state index contributed by atoms with van der Waals surface area (Å²) in [5.41, 5.74) is 0. The van der Waals surface area contributed by atoms with E-state index in [0.717, 1.165) is 12.2 Å². The largest absolute Gasteiger partial charge is 0.454 e. The molecule has 0 aromatic carbocycles. The number of carbonyl (C=O) groups is 1. The van der Waals surface area contributed by atoms with Crippen molar-refractivity contribution in [2.75, 3.05) is 31.1 Å². The first-order valence-electron chi connectivity index (χ1n) is 9.02.